The standard InChI is InChI=1S/C17H13F2NO6S/c18-17(19)25-15-5-1-12-10-16(8-2-11(12)9-15)27(23,24)26-14-6-3-13(4-7-14)20(21)22/h1,3-7,9-10,17H,2,8H2. The Bertz CT molecular complexity index is 1000. The SMILES string of the molecule is O=[N+]([O-])c1ccc(OS(=O)(=O)C2=Cc3ccc(OC(F)F)cc3CC2)cc1. The number of hydrogen-bond acceptors (Lipinski definition) is 6. The van der Waals surface area contributed by atoms with Crippen molar-refractivity contribution in [2.45, 2.75) is 19.5 Å². The van der Waals surface area contributed by atoms with Gasteiger partial charge in [-0.15, -0.1) is 0 Å². The molecule has 7 nitrogen and oxygen atoms in total. The lowest BCUT2D eigenvalue weighted by molar-refractivity contribution is -0.384. The van der Waals surface area contributed by atoms with E-state index in [4.69, 9.17) is 4.18 Å². The highest BCUT2D eigenvalue weighted by Crippen LogP contribution is 2.31. The molecular formula is C17H13F2NO6S. The maximum atomic E-state index is 12.4. The molecule has 0 unspecified atom stereocenters. The Morgan fingerprint density at radius 1 is 1.04 bits per heavy atom. The number of non-ortho nitro benzene ring substituents is 1. The third-order valence-corrected chi connectivity index (χ3v) is 5.25. The number of rotatable bonds is 6. The van der Waals surface area contributed by atoms with Crippen LogP contribution in [0.4, 0.5) is 14.5 Å². The fourth-order valence-corrected chi connectivity index (χ4v) is 3.71. The quantitative estimate of drug-likeness (QED) is 0.417. The fraction of sp³-hybridized carbons (Fsp3) is 0.176. The third-order valence-electron chi connectivity index (χ3n) is 3.87. The topological polar surface area (TPSA) is 95.7 Å². The molecule has 0 aromatic heterocycles. The summed E-state index contributed by atoms with van der Waals surface area (Å²) in [6, 6.07) is 8.93. The summed E-state index contributed by atoms with van der Waals surface area (Å²) in [7, 11) is -4.10. The number of nitro benzene ring substituents is 1. The Morgan fingerprint density at radius 2 is 1.70 bits per heavy atom. The lowest BCUT2D eigenvalue weighted by atomic mass is 9.97. The average molecular weight is 397 g/mol. The molecule has 0 atom stereocenters. The predicted octanol–water partition coefficient (Wildman–Crippen LogP) is 3.89. The van der Waals surface area contributed by atoms with E-state index in [1.165, 1.54) is 36.4 Å². The molecule has 142 valence electrons. The van der Waals surface area contributed by atoms with Crippen LogP contribution in [0.1, 0.15) is 17.5 Å². The molecule has 0 fully saturated rings. The van der Waals surface area contributed by atoms with E-state index in [2.05, 4.69) is 4.74 Å². The van der Waals surface area contributed by atoms with Crippen LogP contribution in [0.5, 0.6) is 11.5 Å². The zero-order chi connectivity index (χ0) is 19.6. The summed E-state index contributed by atoms with van der Waals surface area (Å²) in [5.74, 6) is -0.0430. The molecular weight excluding hydrogens is 384 g/mol. The molecule has 0 N–H and O–H groups in total. The van der Waals surface area contributed by atoms with Gasteiger partial charge in [-0.25, -0.2) is 0 Å². The molecule has 1 aliphatic rings. The lowest BCUT2D eigenvalue weighted by Gasteiger charge is -2.17. The second kappa shape index (κ2) is 7.31. The fourth-order valence-electron chi connectivity index (χ4n) is 2.62. The summed E-state index contributed by atoms with van der Waals surface area (Å²) < 4.78 is 58.8. The van der Waals surface area contributed by atoms with Crippen molar-refractivity contribution in [3.63, 3.8) is 0 Å². The predicted molar refractivity (Wildman–Crippen MR) is 92.0 cm³/mol. The van der Waals surface area contributed by atoms with Crippen molar-refractivity contribution >= 4 is 21.9 Å². The van der Waals surface area contributed by atoms with Crippen LogP contribution >= 0.6 is 0 Å². The molecule has 0 radical (unpaired) electrons. The molecule has 1 aliphatic carbocycles. The molecule has 3 rings (SSSR count). The zero-order valence-electron chi connectivity index (χ0n) is 13.7. The molecule has 2 aromatic rings. The Labute approximate surface area is 153 Å². The highest BCUT2D eigenvalue weighted by molar-refractivity contribution is 7.91. The van der Waals surface area contributed by atoms with Gasteiger partial charge in [0.05, 0.1) is 9.83 Å². The van der Waals surface area contributed by atoms with Crippen molar-refractivity contribution in [2.75, 3.05) is 0 Å². The molecule has 0 bridgehead atoms. The molecule has 10 heteroatoms. The summed E-state index contributed by atoms with van der Waals surface area (Å²) in [6.45, 7) is -2.94. The first-order chi connectivity index (χ1) is 12.7. The van der Waals surface area contributed by atoms with Crippen LogP contribution in [-0.4, -0.2) is 20.0 Å². The van der Waals surface area contributed by atoms with Gasteiger partial charge in [-0.2, -0.15) is 17.2 Å². The molecule has 0 spiro atoms. The van der Waals surface area contributed by atoms with E-state index < -0.39 is 21.7 Å². The van der Waals surface area contributed by atoms with Gasteiger partial charge in [-0.3, -0.25) is 10.1 Å². The maximum Gasteiger partial charge on any atom is 0.387 e. The second-order valence-corrected chi connectivity index (χ2v) is 7.24. The van der Waals surface area contributed by atoms with Gasteiger partial charge in [0, 0.05) is 12.1 Å². The van der Waals surface area contributed by atoms with Gasteiger partial charge in [-0.05, 0) is 54.3 Å². The highest BCUT2D eigenvalue weighted by atomic mass is 32.2. The van der Waals surface area contributed by atoms with E-state index in [0.717, 1.165) is 12.1 Å². The Hall–Kier alpha value is -3.01. The van der Waals surface area contributed by atoms with Crippen LogP contribution in [0.15, 0.2) is 47.4 Å². The van der Waals surface area contributed by atoms with Crippen molar-refractivity contribution in [1.29, 1.82) is 0 Å². The van der Waals surface area contributed by atoms with Gasteiger partial charge in [0.25, 0.3) is 5.69 Å². The van der Waals surface area contributed by atoms with E-state index in [-0.39, 0.29) is 28.5 Å². The van der Waals surface area contributed by atoms with Crippen LogP contribution in [-0.2, 0) is 16.5 Å². The minimum atomic E-state index is -4.10. The van der Waals surface area contributed by atoms with Crippen molar-refractivity contribution in [3.05, 3.63) is 68.6 Å². The number of ether oxygens (including phenoxy) is 1. The number of benzene rings is 2. The first kappa shape index (κ1) is 18.8. The van der Waals surface area contributed by atoms with Crippen molar-refractivity contribution in [3.8, 4) is 11.5 Å². The summed E-state index contributed by atoms with van der Waals surface area (Å²) in [5.41, 5.74) is 1.06. The Kier molecular flexibility index (Phi) is 5.08. The van der Waals surface area contributed by atoms with Crippen LogP contribution in [0, 0.1) is 10.1 Å². The normalized spacial score (nSPS) is 13.7. The van der Waals surface area contributed by atoms with Gasteiger partial charge in [0.2, 0.25) is 0 Å². The molecule has 2 aromatic carbocycles. The van der Waals surface area contributed by atoms with E-state index in [1.54, 1.807) is 0 Å². The summed E-state index contributed by atoms with van der Waals surface area (Å²) >= 11 is 0. The first-order valence-electron chi connectivity index (χ1n) is 7.72. The van der Waals surface area contributed by atoms with Crippen LogP contribution < -0.4 is 8.92 Å². The number of nitrogens with zero attached hydrogens (tertiary/aromatic N) is 1. The average Bonchev–Trinajstić information content (AvgIpc) is 2.60. The monoisotopic (exact) mass is 397 g/mol. The number of allylic oxidation sites excluding steroid dienone is 1. The second-order valence-electron chi connectivity index (χ2n) is 5.64. The van der Waals surface area contributed by atoms with Crippen LogP contribution in [0.25, 0.3) is 6.08 Å². The number of hydrogen-bond donors (Lipinski definition) is 0. The number of halogens is 2. The van der Waals surface area contributed by atoms with Gasteiger partial charge in [0.15, 0.2) is 0 Å². The van der Waals surface area contributed by atoms with Gasteiger partial charge >= 0.3 is 16.7 Å². The largest absolute Gasteiger partial charge is 0.435 e. The highest BCUT2D eigenvalue weighted by Gasteiger charge is 2.24. The zero-order valence-corrected chi connectivity index (χ0v) is 14.5. The number of alkyl halides is 2. The Morgan fingerprint density at radius 3 is 2.33 bits per heavy atom. The molecule has 0 saturated heterocycles. The van der Waals surface area contributed by atoms with Crippen LogP contribution in [0.3, 0.4) is 0 Å². The number of nitro groups is 1. The van der Waals surface area contributed by atoms with Crippen molar-refractivity contribution in [1.82, 2.24) is 0 Å². The lowest BCUT2D eigenvalue weighted by Crippen LogP contribution is -2.15. The van der Waals surface area contributed by atoms with E-state index in [0.29, 0.717) is 17.5 Å². The summed E-state index contributed by atoms with van der Waals surface area (Å²) in [5, 5.41) is 10.6. The molecule has 0 amide bonds. The van der Waals surface area contributed by atoms with Gasteiger partial charge in [-0.1, -0.05) is 6.07 Å². The molecule has 0 aliphatic heterocycles. The van der Waals surface area contributed by atoms with E-state index >= 15 is 0 Å². The number of aryl methyl sites for hydroxylation is 1. The van der Waals surface area contributed by atoms with Crippen molar-refractivity contribution < 1.29 is 31.0 Å². The Balaban J connectivity index is 1.81. The maximum absolute atomic E-state index is 12.4. The van der Waals surface area contributed by atoms with Gasteiger partial charge < -0.3 is 8.92 Å². The minimum Gasteiger partial charge on any atom is -0.435 e. The number of fused-ring (bicyclic) bond motifs is 1. The molecule has 0 saturated carbocycles. The summed E-state index contributed by atoms with van der Waals surface area (Å²) in [4.78, 5) is 10.0. The molecule has 27 heavy (non-hydrogen) atoms. The van der Waals surface area contributed by atoms with E-state index in [1.807, 2.05) is 0 Å². The van der Waals surface area contributed by atoms with Crippen molar-refractivity contribution in [2.24, 2.45) is 0 Å². The smallest absolute Gasteiger partial charge is 0.387 e. The van der Waals surface area contributed by atoms with Gasteiger partial charge in [0.1, 0.15) is 11.5 Å². The molecule has 0 heterocycles. The summed E-state index contributed by atoms with van der Waals surface area (Å²) in [6.07, 6.45) is 1.84. The third kappa shape index (κ3) is 4.40. The minimum absolute atomic E-state index is 0.00517. The van der Waals surface area contributed by atoms with E-state index in [9.17, 15) is 27.3 Å². The first-order valence-corrected chi connectivity index (χ1v) is 9.13. The van der Waals surface area contributed by atoms with Crippen LogP contribution in [0.2, 0.25) is 0 Å².